The number of amides is 1. The van der Waals surface area contributed by atoms with E-state index < -0.39 is 0 Å². The van der Waals surface area contributed by atoms with Crippen LogP contribution in [-0.2, 0) is 0 Å². The Morgan fingerprint density at radius 1 is 1.08 bits per heavy atom. The Kier molecular flexibility index (Phi) is 6.42. The Labute approximate surface area is 162 Å². The summed E-state index contributed by atoms with van der Waals surface area (Å²) in [5.41, 5.74) is 4.63. The van der Waals surface area contributed by atoms with Crippen LogP contribution in [0.15, 0.2) is 59.7 Å². The number of unbranched alkanes of at least 4 members (excludes halogenated alkanes) is 2. The lowest BCUT2D eigenvalue weighted by Crippen LogP contribution is -2.19. The molecule has 134 valence electrons. The first kappa shape index (κ1) is 18.6. The van der Waals surface area contributed by atoms with Crippen molar-refractivity contribution in [1.82, 2.24) is 5.43 Å². The molecule has 0 saturated carbocycles. The Bertz CT molecular complexity index is 918. The lowest BCUT2D eigenvalue weighted by Gasteiger charge is -2.07. The summed E-state index contributed by atoms with van der Waals surface area (Å²) in [6.07, 6.45) is 4.16. The molecule has 0 aliphatic rings. The van der Waals surface area contributed by atoms with Crippen molar-refractivity contribution in [2.75, 3.05) is 0 Å². The molecule has 1 aromatic heterocycles. The van der Waals surface area contributed by atoms with E-state index in [1.165, 1.54) is 11.3 Å². The summed E-state index contributed by atoms with van der Waals surface area (Å²) in [4.78, 5) is 13.1. The Morgan fingerprint density at radius 3 is 2.54 bits per heavy atom. The number of thiophene rings is 1. The van der Waals surface area contributed by atoms with Crippen LogP contribution < -0.4 is 5.43 Å². The zero-order valence-corrected chi connectivity index (χ0v) is 16.2. The van der Waals surface area contributed by atoms with Gasteiger partial charge in [-0.05, 0) is 24.5 Å². The summed E-state index contributed by atoms with van der Waals surface area (Å²) >= 11 is 7.78. The molecule has 1 heterocycles. The van der Waals surface area contributed by atoms with Crippen molar-refractivity contribution in [2.45, 2.75) is 32.6 Å². The van der Waals surface area contributed by atoms with Crippen LogP contribution in [0.2, 0.25) is 5.02 Å². The van der Waals surface area contributed by atoms with Gasteiger partial charge in [0.1, 0.15) is 4.88 Å². The van der Waals surface area contributed by atoms with Gasteiger partial charge >= 0.3 is 0 Å². The molecule has 0 atom stereocenters. The van der Waals surface area contributed by atoms with Crippen LogP contribution in [-0.4, -0.2) is 11.6 Å². The van der Waals surface area contributed by atoms with Gasteiger partial charge in [-0.2, -0.15) is 5.10 Å². The van der Waals surface area contributed by atoms with E-state index in [1.807, 2.05) is 54.6 Å². The molecular weight excluding hydrogens is 364 g/mol. The SMILES string of the molecule is CCCCC/C(=N\NC(=O)c1sc2ccccc2c1Cl)c1ccccc1. The highest BCUT2D eigenvalue weighted by atomic mass is 35.5. The quantitative estimate of drug-likeness (QED) is 0.291. The molecule has 0 bridgehead atoms. The number of hydrogen-bond donors (Lipinski definition) is 1. The maximum Gasteiger partial charge on any atom is 0.283 e. The highest BCUT2D eigenvalue weighted by Gasteiger charge is 2.16. The second-order valence-electron chi connectivity index (χ2n) is 6.06. The second kappa shape index (κ2) is 8.97. The van der Waals surface area contributed by atoms with E-state index in [9.17, 15) is 4.79 Å². The van der Waals surface area contributed by atoms with E-state index in [1.54, 1.807) is 0 Å². The predicted molar refractivity (Wildman–Crippen MR) is 111 cm³/mol. The van der Waals surface area contributed by atoms with Crippen LogP contribution in [0.4, 0.5) is 0 Å². The molecule has 5 heteroatoms. The maximum absolute atomic E-state index is 12.6. The highest BCUT2D eigenvalue weighted by molar-refractivity contribution is 7.21. The van der Waals surface area contributed by atoms with Crippen molar-refractivity contribution >= 4 is 44.6 Å². The number of halogens is 1. The van der Waals surface area contributed by atoms with Gasteiger partial charge in [0.05, 0.1) is 10.7 Å². The third kappa shape index (κ3) is 4.32. The fourth-order valence-corrected chi connectivity index (χ4v) is 4.17. The summed E-state index contributed by atoms with van der Waals surface area (Å²) in [5.74, 6) is -0.264. The normalized spacial score (nSPS) is 11.7. The Morgan fingerprint density at radius 2 is 1.81 bits per heavy atom. The minimum absolute atomic E-state index is 0.264. The first-order valence-corrected chi connectivity index (χ1v) is 9.99. The van der Waals surface area contributed by atoms with Gasteiger partial charge in [0.2, 0.25) is 0 Å². The monoisotopic (exact) mass is 384 g/mol. The maximum atomic E-state index is 12.6. The molecule has 0 aliphatic carbocycles. The van der Waals surface area contributed by atoms with Crippen molar-refractivity contribution < 1.29 is 4.79 Å². The zero-order chi connectivity index (χ0) is 18.4. The molecule has 0 unspecified atom stereocenters. The molecule has 0 aliphatic heterocycles. The standard InChI is InChI=1S/C21H21ClN2OS/c1-2-3-5-13-17(15-10-6-4-7-11-15)23-24-21(25)20-19(22)16-12-8-9-14-18(16)26-20/h4,6-12,14H,2-3,5,13H2,1H3,(H,24,25)/b23-17+. The van der Waals surface area contributed by atoms with Crippen LogP contribution >= 0.6 is 22.9 Å². The van der Waals surface area contributed by atoms with Gasteiger partial charge in [0.25, 0.3) is 5.91 Å². The van der Waals surface area contributed by atoms with Gasteiger partial charge in [-0.25, -0.2) is 5.43 Å². The van der Waals surface area contributed by atoms with Gasteiger partial charge in [-0.15, -0.1) is 11.3 Å². The van der Waals surface area contributed by atoms with Gasteiger partial charge in [-0.3, -0.25) is 4.79 Å². The Hall–Kier alpha value is -2.17. The number of carbonyl (C=O) groups is 1. The molecule has 0 saturated heterocycles. The van der Waals surface area contributed by atoms with Gasteiger partial charge < -0.3 is 0 Å². The predicted octanol–water partition coefficient (Wildman–Crippen LogP) is 6.27. The number of nitrogens with zero attached hydrogens (tertiary/aromatic N) is 1. The zero-order valence-electron chi connectivity index (χ0n) is 14.7. The van der Waals surface area contributed by atoms with Crippen LogP contribution in [0.25, 0.3) is 10.1 Å². The summed E-state index contributed by atoms with van der Waals surface area (Å²) in [6, 6.07) is 17.7. The topological polar surface area (TPSA) is 41.5 Å². The first-order valence-electron chi connectivity index (χ1n) is 8.80. The molecule has 0 spiro atoms. The number of nitrogens with one attached hydrogen (secondary N) is 1. The number of benzene rings is 2. The summed E-state index contributed by atoms with van der Waals surface area (Å²) in [6.45, 7) is 2.17. The van der Waals surface area contributed by atoms with Crippen LogP contribution in [0.3, 0.4) is 0 Å². The molecule has 1 amide bonds. The molecule has 0 fully saturated rings. The van der Waals surface area contributed by atoms with Gasteiger partial charge in [-0.1, -0.05) is 79.9 Å². The Balaban J connectivity index is 1.81. The largest absolute Gasteiger partial charge is 0.283 e. The van der Waals surface area contributed by atoms with Crippen molar-refractivity contribution in [1.29, 1.82) is 0 Å². The number of hydrazone groups is 1. The third-order valence-electron chi connectivity index (χ3n) is 4.16. The van der Waals surface area contributed by atoms with Gasteiger partial charge in [0, 0.05) is 10.1 Å². The minimum atomic E-state index is -0.264. The van der Waals surface area contributed by atoms with E-state index in [2.05, 4.69) is 17.5 Å². The fraction of sp³-hybridized carbons (Fsp3) is 0.238. The fourth-order valence-electron chi connectivity index (χ4n) is 2.77. The lowest BCUT2D eigenvalue weighted by molar-refractivity contribution is 0.0959. The average molecular weight is 385 g/mol. The van der Waals surface area contributed by atoms with E-state index in [0.717, 1.165) is 47.0 Å². The number of rotatable bonds is 7. The molecule has 3 nitrogen and oxygen atoms in total. The summed E-state index contributed by atoms with van der Waals surface area (Å²) in [5, 5.41) is 5.81. The number of hydrogen-bond acceptors (Lipinski definition) is 3. The number of carbonyl (C=O) groups excluding carboxylic acids is 1. The van der Waals surface area contributed by atoms with Crippen LogP contribution in [0.1, 0.15) is 47.8 Å². The van der Waals surface area contributed by atoms with Gasteiger partial charge in [0.15, 0.2) is 0 Å². The average Bonchev–Trinajstić information content (AvgIpc) is 3.02. The van der Waals surface area contributed by atoms with E-state index in [-0.39, 0.29) is 5.91 Å². The van der Waals surface area contributed by atoms with E-state index in [4.69, 9.17) is 11.6 Å². The van der Waals surface area contributed by atoms with Crippen LogP contribution in [0.5, 0.6) is 0 Å². The molecule has 2 aromatic carbocycles. The number of fused-ring (bicyclic) bond motifs is 1. The van der Waals surface area contributed by atoms with Crippen molar-refractivity contribution in [3.8, 4) is 0 Å². The molecule has 0 radical (unpaired) electrons. The molecule has 3 aromatic rings. The molecule has 26 heavy (non-hydrogen) atoms. The molecular formula is C21H21ClN2OS. The van der Waals surface area contributed by atoms with E-state index in [0.29, 0.717) is 9.90 Å². The highest BCUT2D eigenvalue weighted by Crippen LogP contribution is 2.34. The second-order valence-corrected chi connectivity index (χ2v) is 7.49. The minimum Gasteiger partial charge on any atom is -0.266 e. The van der Waals surface area contributed by atoms with Crippen molar-refractivity contribution in [2.24, 2.45) is 5.10 Å². The van der Waals surface area contributed by atoms with Crippen molar-refractivity contribution in [3.05, 3.63) is 70.1 Å². The van der Waals surface area contributed by atoms with Crippen LogP contribution in [0, 0.1) is 0 Å². The summed E-state index contributed by atoms with van der Waals surface area (Å²) < 4.78 is 0.998. The molecule has 1 N–H and O–H groups in total. The van der Waals surface area contributed by atoms with Crippen molar-refractivity contribution in [3.63, 3.8) is 0 Å². The molecule has 3 rings (SSSR count). The third-order valence-corrected chi connectivity index (χ3v) is 5.83. The van der Waals surface area contributed by atoms with E-state index >= 15 is 0 Å². The lowest BCUT2D eigenvalue weighted by atomic mass is 10.0. The smallest absolute Gasteiger partial charge is 0.266 e. The summed E-state index contributed by atoms with van der Waals surface area (Å²) in [7, 11) is 0. The first-order chi connectivity index (χ1) is 12.7.